The van der Waals surface area contributed by atoms with E-state index in [4.69, 9.17) is 0 Å². The van der Waals surface area contributed by atoms with E-state index in [0.29, 0.717) is 12.0 Å². The van der Waals surface area contributed by atoms with Crippen LogP contribution in [0.25, 0.3) is 0 Å². The Morgan fingerprint density at radius 2 is 2.13 bits per heavy atom. The van der Waals surface area contributed by atoms with Crippen LogP contribution in [-0.2, 0) is 6.42 Å². The van der Waals surface area contributed by atoms with Gasteiger partial charge < -0.3 is 10.2 Å². The second kappa shape index (κ2) is 3.43. The van der Waals surface area contributed by atoms with Crippen LogP contribution in [0.2, 0.25) is 0 Å². The predicted octanol–water partition coefficient (Wildman–Crippen LogP) is 0.785. The van der Waals surface area contributed by atoms with Gasteiger partial charge in [0.15, 0.2) is 5.78 Å². The van der Waals surface area contributed by atoms with E-state index in [1.165, 1.54) is 0 Å². The topological polar surface area (TPSA) is 57.5 Å². The third-order valence-electron chi connectivity index (χ3n) is 3.15. The third-order valence-corrected chi connectivity index (χ3v) is 3.15. The zero-order valence-electron chi connectivity index (χ0n) is 8.60. The van der Waals surface area contributed by atoms with Crippen molar-refractivity contribution in [3.8, 4) is 0 Å². The van der Waals surface area contributed by atoms with Crippen molar-refractivity contribution >= 4 is 5.78 Å². The number of aliphatic hydroxyl groups excluding tert-OH is 2. The normalized spacial score (nSPS) is 30.1. The minimum Gasteiger partial charge on any atom is -0.396 e. The second-order valence-corrected chi connectivity index (χ2v) is 4.41. The summed E-state index contributed by atoms with van der Waals surface area (Å²) in [6, 6.07) is 7.23. The van der Waals surface area contributed by atoms with Crippen LogP contribution >= 0.6 is 0 Å². The first-order chi connectivity index (χ1) is 7.08. The molecule has 15 heavy (non-hydrogen) atoms. The van der Waals surface area contributed by atoms with Gasteiger partial charge in [-0.1, -0.05) is 31.2 Å². The lowest BCUT2D eigenvalue weighted by atomic mass is 9.71. The lowest BCUT2D eigenvalue weighted by molar-refractivity contribution is -0.00132. The Bertz CT molecular complexity index is 400. The molecule has 0 saturated carbocycles. The van der Waals surface area contributed by atoms with E-state index in [1.54, 1.807) is 19.1 Å². The van der Waals surface area contributed by atoms with E-state index in [1.807, 2.05) is 12.1 Å². The number of carbonyl (C=O) groups is 1. The van der Waals surface area contributed by atoms with Gasteiger partial charge >= 0.3 is 0 Å². The summed E-state index contributed by atoms with van der Waals surface area (Å²) in [6.07, 6.45) is -0.565. The maximum Gasteiger partial charge on any atom is 0.192 e. The summed E-state index contributed by atoms with van der Waals surface area (Å²) in [5.74, 6) is -0.284. The van der Waals surface area contributed by atoms with Crippen molar-refractivity contribution in [3.63, 3.8) is 0 Å². The highest BCUT2D eigenvalue weighted by molar-refractivity contribution is 6.02. The van der Waals surface area contributed by atoms with Crippen LogP contribution in [-0.4, -0.2) is 28.7 Å². The van der Waals surface area contributed by atoms with Crippen molar-refractivity contribution in [2.45, 2.75) is 19.4 Å². The third kappa shape index (κ3) is 1.48. The van der Waals surface area contributed by atoms with Crippen LogP contribution in [0.5, 0.6) is 0 Å². The van der Waals surface area contributed by atoms with Crippen molar-refractivity contribution < 1.29 is 15.0 Å². The molecule has 2 rings (SSSR count). The molecule has 0 saturated heterocycles. The van der Waals surface area contributed by atoms with Gasteiger partial charge in [0.2, 0.25) is 0 Å². The van der Waals surface area contributed by atoms with Crippen molar-refractivity contribution in [2.24, 2.45) is 5.41 Å². The second-order valence-electron chi connectivity index (χ2n) is 4.41. The number of carbonyl (C=O) groups excluding carboxylic acids is 1. The standard InChI is InChI=1S/C12H14O3/c1-12(7-13)6-8-4-2-3-5-9(8)10(14)11(12)15/h2-5,11,13,15H,6-7H2,1H3. The summed E-state index contributed by atoms with van der Waals surface area (Å²) in [6.45, 7) is 1.54. The average molecular weight is 206 g/mol. The molecule has 80 valence electrons. The van der Waals surface area contributed by atoms with Crippen molar-refractivity contribution in [2.75, 3.05) is 6.61 Å². The molecule has 0 spiro atoms. The fraction of sp³-hybridized carbons (Fsp3) is 0.417. The summed E-state index contributed by atoms with van der Waals surface area (Å²) in [4.78, 5) is 11.8. The highest BCUT2D eigenvalue weighted by Gasteiger charge is 2.42. The molecule has 3 nitrogen and oxygen atoms in total. The number of Topliss-reactive ketones (excluding diaryl/α,β-unsaturated/α-hetero) is 1. The van der Waals surface area contributed by atoms with Gasteiger partial charge in [-0.2, -0.15) is 0 Å². The van der Waals surface area contributed by atoms with Crippen molar-refractivity contribution in [1.82, 2.24) is 0 Å². The summed E-state index contributed by atoms with van der Waals surface area (Å²) in [5, 5.41) is 19.1. The molecule has 0 fully saturated rings. The van der Waals surface area contributed by atoms with Gasteiger partial charge in [-0.05, 0) is 12.0 Å². The van der Waals surface area contributed by atoms with E-state index >= 15 is 0 Å². The van der Waals surface area contributed by atoms with Crippen LogP contribution < -0.4 is 0 Å². The molecule has 0 bridgehead atoms. The monoisotopic (exact) mass is 206 g/mol. The van der Waals surface area contributed by atoms with E-state index in [0.717, 1.165) is 5.56 Å². The minimum absolute atomic E-state index is 0.186. The van der Waals surface area contributed by atoms with Gasteiger partial charge in [0, 0.05) is 11.0 Å². The van der Waals surface area contributed by atoms with Gasteiger partial charge in [0.25, 0.3) is 0 Å². The summed E-state index contributed by atoms with van der Waals surface area (Å²) >= 11 is 0. The van der Waals surface area contributed by atoms with Gasteiger partial charge in [0.05, 0.1) is 6.61 Å². The zero-order chi connectivity index (χ0) is 11.1. The number of rotatable bonds is 1. The number of benzene rings is 1. The lowest BCUT2D eigenvalue weighted by Crippen LogP contribution is -2.46. The Labute approximate surface area is 88.4 Å². The minimum atomic E-state index is -1.10. The Morgan fingerprint density at radius 3 is 2.80 bits per heavy atom. The molecule has 1 aliphatic carbocycles. The summed E-state index contributed by atoms with van der Waals surface area (Å²) in [5.41, 5.74) is 0.742. The smallest absolute Gasteiger partial charge is 0.192 e. The van der Waals surface area contributed by atoms with Gasteiger partial charge in [-0.15, -0.1) is 0 Å². The zero-order valence-corrected chi connectivity index (χ0v) is 8.60. The average Bonchev–Trinajstić information content (AvgIpc) is 2.26. The molecule has 0 aliphatic heterocycles. The van der Waals surface area contributed by atoms with E-state index < -0.39 is 11.5 Å². The Balaban J connectivity index is 2.50. The molecule has 0 radical (unpaired) electrons. The Kier molecular flexibility index (Phi) is 2.37. The number of hydrogen-bond donors (Lipinski definition) is 2. The molecular weight excluding hydrogens is 192 g/mol. The number of ketones is 1. The molecule has 2 unspecified atom stereocenters. The van der Waals surface area contributed by atoms with E-state index in [2.05, 4.69) is 0 Å². The van der Waals surface area contributed by atoms with Crippen molar-refractivity contribution in [3.05, 3.63) is 35.4 Å². The molecule has 2 atom stereocenters. The van der Waals surface area contributed by atoms with Crippen LogP contribution in [0.3, 0.4) is 0 Å². The number of aliphatic hydroxyl groups is 2. The molecular formula is C12H14O3. The van der Waals surface area contributed by atoms with Crippen LogP contribution in [0.1, 0.15) is 22.8 Å². The molecule has 1 aromatic carbocycles. The van der Waals surface area contributed by atoms with Gasteiger partial charge in [-0.25, -0.2) is 0 Å². The number of fused-ring (bicyclic) bond motifs is 1. The largest absolute Gasteiger partial charge is 0.396 e. The highest BCUT2D eigenvalue weighted by atomic mass is 16.3. The Morgan fingerprint density at radius 1 is 1.47 bits per heavy atom. The first-order valence-electron chi connectivity index (χ1n) is 4.99. The molecule has 1 aliphatic rings. The fourth-order valence-electron chi connectivity index (χ4n) is 2.05. The maximum absolute atomic E-state index is 11.8. The van der Waals surface area contributed by atoms with Crippen molar-refractivity contribution in [1.29, 1.82) is 0 Å². The Hall–Kier alpha value is -1.19. The summed E-state index contributed by atoms with van der Waals surface area (Å²) < 4.78 is 0. The first kappa shape index (κ1) is 10.3. The molecule has 1 aromatic rings. The van der Waals surface area contributed by atoms with Gasteiger partial charge in [0.1, 0.15) is 6.10 Å². The van der Waals surface area contributed by atoms with Gasteiger partial charge in [-0.3, -0.25) is 4.79 Å². The predicted molar refractivity (Wildman–Crippen MR) is 55.7 cm³/mol. The quantitative estimate of drug-likeness (QED) is 0.714. The van der Waals surface area contributed by atoms with Crippen LogP contribution in [0.4, 0.5) is 0 Å². The van der Waals surface area contributed by atoms with Crippen LogP contribution in [0, 0.1) is 5.41 Å². The fourth-order valence-corrected chi connectivity index (χ4v) is 2.05. The highest BCUT2D eigenvalue weighted by Crippen LogP contribution is 2.34. The van der Waals surface area contributed by atoms with E-state index in [-0.39, 0.29) is 12.4 Å². The first-order valence-corrected chi connectivity index (χ1v) is 4.99. The molecule has 3 heteroatoms. The maximum atomic E-state index is 11.8. The molecule has 0 heterocycles. The SMILES string of the molecule is CC1(CO)Cc2ccccc2C(=O)C1O. The molecule has 0 aromatic heterocycles. The summed E-state index contributed by atoms with van der Waals surface area (Å²) in [7, 11) is 0. The number of hydrogen-bond acceptors (Lipinski definition) is 3. The molecule has 2 N–H and O–H groups in total. The lowest BCUT2D eigenvalue weighted by Gasteiger charge is -2.36. The van der Waals surface area contributed by atoms with E-state index in [9.17, 15) is 15.0 Å². The van der Waals surface area contributed by atoms with Crippen LogP contribution in [0.15, 0.2) is 24.3 Å². The molecule has 0 amide bonds.